The third-order valence-corrected chi connectivity index (χ3v) is 5.74. The van der Waals surface area contributed by atoms with Crippen molar-refractivity contribution >= 4 is 11.8 Å². The fourth-order valence-electron chi connectivity index (χ4n) is 4.40. The van der Waals surface area contributed by atoms with Gasteiger partial charge in [0.25, 0.3) is 0 Å². The van der Waals surface area contributed by atoms with Crippen LogP contribution in [0.4, 0.5) is 10.6 Å². The second kappa shape index (κ2) is 8.53. The summed E-state index contributed by atoms with van der Waals surface area (Å²) in [6.07, 6.45) is 1.54. The molecule has 2 heterocycles. The fraction of sp³-hybridized carbons (Fsp3) is 0.333. The molecule has 31 heavy (non-hydrogen) atoms. The highest BCUT2D eigenvalue weighted by Gasteiger charge is 2.31. The number of nitrogens with two attached hydrogens (primary N) is 1. The van der Waals surface area contributed by atoms with Gasteiger partial charge in [0, 0.05) is 5.56 Å². The zero-order valence-corrected chi connectivity index (χ0v) is 17.8. The Bertz CT molecular complexity index is 1080. The third-order valence-electron chi connectivity index (χ3n) is 5.74. The first-order valence-electron chi connectivity index (χ1n) is 10.4. The van der Waals surface area contributed by atoms with Crippen molar-refractivity contribution in [2.75, 3.05) is 5.32 Å². The standard InChI is InChI=1S/C12H12N4O2.C12H16O/c13-12(17)14-11-9-6-18-7-10(9)15-16(11)8-4-2-1-3-5-8;1-12(2)8-10(13)7-9-5-3-4-6-11(9)12/h1-5H,6-7H2,(H3,13,14,17);3-6,10,13H,7-8H2,1-2H3. The van der Waals surface area contributed by atoms with Gasteiger partial charge in [0.2, 0.25) is 0 Å². The maximum atomic E-state index is 11.1. The van der Waals surface area contributed by atoms with Crippen LogP contribution in [-0.2, 0) is 29.8 Å². The quantitative estimate of drug-likeness (QED) is 0.589. The Balaban J connectivity index is 0.000000158. The number of nitrogens with zero attached hydrogens (tertiary/aromatic N) is 2. The molecular formula is C24H28N4O3. The molecule has 1 aliphatic heterocycles. The number of aliphatic hydroxyl groups is 1. The number of carbonyl (C=O) groups is 1. The molecule has 2 aromatic carbocycles. The van der Waals surface area contributed by atoms with Crippen molar-refractivity contribution in [3.8, 4) is 5.69 Å². The number of rotatable bonds is 2. The molecule has 1 aromatic heterocycles. The van der Waals surface area contributed by atoms with Crippen LogP contribution in [0.5, 0.6) is 0 Å². The highest BCUT2D eigenvalue weighted by Crippen LogP contribution is 2.36. The topological polar surface area (TPSA) is 102 Å². The molecule has 7 nitrogen and oxygen atoms in total. The molecule has 2 aliphatic rings. The predicted octanol–water partition coefficient (Wildman–Crippen LogP) is 3.66. The van der Waals surface area contributed by atoms with Gasteiger partial charge < -0.3 is 15.6 Å². The highest BCUT2D eigenvalue weighted by molar-refractivity contribution is 5.88. The number of hydrogen-bond donors (Lipinski definition) is 3. The second-order valence-corrected chi connectivity index (χ2v) is 8.61. The predicted molar refractivity (Wildman–Crippen MR) is 119 cm³/mol. The van der Waals surface area contributed by atoms with Gasteiger partial charge in [-0.25, -0.2) is 9.48 Å². The van der Waals surface area contributed by atoms with Gasteiger partial charge in [-0.2, -0.15) is 5.10 Å². The Labute approximate surface area is 181 Å². The molecule has 5 rings (SSSR count). The van der Waals surface area contributed by atoms with E-state index in [1.54, 1.807) is 4.68 Å². The number of carbonyl (C=O) groups excluding carboxylic acids is 1. The van der Waals surface area contributed by atoms with E-state index in [4.69, 9.17) is 10.5 Å². The van der Waals surface area contributed by atoms with E-state index < -0.39 is 6.03 Å². The van der Waals surface area contributed by atoms with Crippen molar-refractivity contribution in [2.24, 2.45) is 5.73 Å². The normalized spacial score (nSPS) is 18.4. The molecule has 0 radical (unpaired) electrons. The number of nitrogens with one attached hydrogen (secondary N) is 1. The van der Waals surface area contributed by atoms with Crippen molar-refractivity contribution in [2.45, 2.75) is 51.4 Å². The minimum Gasteiger partial charge on any atom is -0.393 e. The zero-order chi connectivity index (χ0) is 22.0. The largest absolute Gasteiger partial charge is 0.393 e. The minimum atomic E-state index is -0.609. The molecular weight excluding hydrogens is 392 g/mol. The van der Waals surface area contributed by atoms with Gasteiger partial charge in [-0.1, -0.05) is 56.3 Å². The van der Waals surface area contributed by atoms with Crippen molar-refractivity contribution in [3.63, 3.8) is 0 Å². The number of fused-ring (bicyclic) bond motifs is 2. The number of aromatic nitrogens is 2. The number of para-hydroxylation sites is 1. The van der Waals surface area contributed by atoms with Gasteiger partial charge >= 0.3 is 6.03 Å². The van der Waals surface area contributed by atoms with Crippen LogP contribution >= 0.6 is 0 Å². The van der Waals surface area contributed by atoms with Crippen LogP contribution in [0.25, 0.3) is 5.69 Å². The molecule has 7 heteroatoms. The van der Waals surface area contributed by atoms with Gasteiger partial charge in [0.15, 0.2) is 0 Å². The van der Waals surface area contributed by atoms with Crippen molar-refractivity contribution in [3.05, 3.63) is 77.0 Å². The van der Waals surface area contributed by atoms with Crippen LogP contribution in [0, 0.1) is 0 Å². The summed E-state index contributed by atoms with van der Waals surface area (Å²) in [5.41, 5.74) is 10.6. The summed E-state index contributed by atoms with van der Waals surface area (Å²) in [4.78, 5) is 11.1. The van der Waals surface area contributed by atoms with Gasteiger partial charge in [0.1, 0.15) is 5.82 Å². The van der Waals surface area contributed by atoms with Crippen LogP contribution in [0.1, 0.15) is 42.7 Å². The van der Waals surface area contributed by atoms with Crippen LogP contribution in [-0.4, -0.2) is 27.0 Å². The van der Waals surface area contributed by atoms with E-state index in [1.807, 2.05) is 36.4 Å². The average Bonchev–Trinajstić information content (AvgIpc) is 3.31. The van der Waals surface area contributed by atoms with Crippen LogP contribution in [0.2, 0.25) is 0 Å². The summed E-state index contributed by atoms with van der Waals surface area (Å²) in [5.74, 6) is 0.584. The molecule has 0 fully saturated rings. The number of ether oxygens (including phenoxy) is 1. The number of primary amides is 1. The van der Waals surface area contributed by atoms with E-state index in [9.17, 15) is 9.90 Å². The first-order chi connectivity index (χ1) is 14.8. The second-order valence-electron chi connectivity index (χ2n) is 8.61. The van der Waals surface area contributed by atoms with Crippen LogP contribution in [0.15, 0.2) is 54.6 Å². The maximum absolute atomic E-state index is 11.1. The molecule has 3 aromatic rings. The summed E-state index contributed by atoms with van der Waals surface area (Å²) >= 11 is 0. The van der Waals surface area contributed by atoms with Crippen molar-refractivity contribution in [1.29, 1.82) is 0 Å². The molecule has 4 N–H and O–H groups in total. The van der Waals surface area contributed by atoms with Crippen molar-refractivity contribution < 1.29 is 14.6 Å². The lowest BCUT2D eigenvalue weighted by Crippen LogP contribution is -2.32. The summed E-state index contributed by atoms with van der Waals surface area (Å²) in [6, 6.07) is 17.4. The summed E-state index contributed by atoms with van der Waals surface area (Å²) in [7, 11) is 0. The van der Waals surface area contributed by atoms with E-state index in [0.29, 0.717) is 19.0 Å². The number of urea groups is 1. The molecule has 1 aliphatic carbocycles. The fourth-order valence-corrected chi connectivity index (χ4v) is 4.40. The monoisotopic (exact) mass is 420 g/mol. The molecule has 0 saturated carbocycles. The van der Waals surface area contributed by atoms with E-state index in [-0.39, 0.29) is 11.5 Å². The lowest BCUT2D eigenvalue weighted by Gasteiger charge is -2.35. The molecule has 0 bridgehead atoms. The molecule has 1 atom stereocenters. The van der Waals surface area contributed by atoms with E-state index >= 15 is 0 Å². The first-order valence-corrected chi connectivity index (χ1v) is 10.4. The Morgan fingerprint density at radius 2 is 1.87 bits per heavy atom. The lowest BCUT2D eigenvalue weighted by atomic mass is 9.72. The first kappa shape index (κ1) is 21.1. The van der Waals surface area contributed by atoms with Gasteiger partial charge in [-0.15, -0.1) is 0 Å². The number of hydrogen-bond acceptors (Lipinski definition) is 4. The average molecular weight is 421 g/mol. The Hall–Kier alpha value is -3.16. The Kier molecular flexibility index (Phi) is 5.80. The lowest BCUT2D eigenvalue weighted by molar-refractivity contribution is 0.128. The van der Waals surface area contributed by atoms with Crippen LogP contribution < -0.4 is 11.1 Å². The summed E-state index contributed by atoms with van der Waals surface area (Å²) in [6.45, 7) is 5.31. The Morgan fingerprint density at radius 3 is 2.61 bits per heavy atom. The van der Waals surface area contributed by atoms with Gasteiger partial charge in [-0.3, -0.25) is 5.32 Å². The van der Waals surface area contributed by atoms with Crippen LogP contribution in [0.3, 0.4) is 0 Å². The maximum Gasteiger partial charge on any atom is 0.317 e. The highest BCUT2D eigenvalue weighted by atomic mass is 16.5. The van der Waals surface area contributed by atoms with Gasteiger partial charge in [0.05, 0.1) is 30.7 Å². The number of aliphatic hydroxyl groups excluding tert-OH is 1. The third kappa shape index (κ3) is 4.47. The minimum absolute atomic E-state index is 0.133. The van der Waals surface area contributed by atoms with E-state index in [0.717, 1.165) is 29.8 Å². The molecule has 1 unspecified atom stereocenters. The molecule has 162 valence electrons. The smallest absolute Gasteiger partial charge is 0.317 e. The number of anilines is 1. The Morgan fingerprint density at radius 1 is 1.16 bits per heavy atom. The molecule has 2 amide bonds. The SMILES string of the molecule is CC1(C)CC(O)Cc2ccccc21.NC(=O)Nc1c2c(nn1-c1ccccc1)COC2. The number of amides is 2. The number of benzene rings is 2. The summed E-state index contributed by atoms with van der Waals surface area (Å²) < 4.78 is 6.98. The van der Waals surface area contributed by atoms with E-state index in [2.05, 4.69) is 42.5 Å². The van der Waals surface area contributed by atoms with Gasteiger partial charge in [-0.05, 0) is 41.5 Å². The van der Waals surface area contributed by atoms with E-state index in [1.165, 1.54) is 11.1 Å². The summed E-state index contributed by atoms with van der Waals surface area (Å²) in [5, 5.41) is 16.7. The molecule has 0 saturated heterocycles. The zero-order valence-electron chi connectivity index (χ0n) is 17.8. The molecule has 0 spiro atoms. The van der Waals surface area contributed by atoms with Crippen molar-refractivity contribution in [1.82, 2.24) is 9.78 Å².